The summed E-state index contributed by atoms with van der Waals surface area (Å²) in [6, 6.07) is 6.83. The Hall–Kier alpha value is -1.84. The molecule has 1 N–H and O–H groups in total. The minimum absolute atomic E-state index is 0.152. The number of hydrogen-bond donors (Lipinski definition) is 1. The van der Waals surface area contributed by atoms with Gasteiger partial charge < -0.3 is 9.63 Å². The fourth-order valence-corrected chi connectivity index (χ4v) is 0.952. The van der Waals surface area contributed by atoms with Crippen LogP contribution in [0.15, 0.2) is 35.2 Å². The Morgan fingerprint density at radius 2 is 2.08 bits per heavy atom. The van der Waals surface area contributed by atoms with E-state index >= 15 is 0 Å². The van der Waals surface area contributed by atoms with E-state index in [9.17, 15) is 5.11 Å². The number of aromatic nitrogens is 2. The molecule has 0 saturated heterocycles. The molecular formula is C8H6N2O2. The molecule has 0 spiro atoms. The second kappa shape index (κ2) is 2.65. The smallest absolute Gasteiger partial charge is 0.214 e. The van der Waals surface area contributed by atoms with Gasteiger partial charge in [-0.2, -0.15) is 4.98 Å². The lowest BCUT2D eigenvalue weighted by Gasteiger charge is -1.96. The third-order valence-corrected chi connectivity index (χ3v) is 1.51. The van der Waals surface area contributed by atoms with Gasteiger partial charge in [0, 0.05) is 0 Å². The normalized spacial score (nSPS) is 10.0. The van der Waals surface area contributed by atoms with Gasteiger partial charge in [-0.1, -0.05) is 17.3 Å². The van der Waals surface area contributed by atoms with E-state index in [0.29, 0.717) is 11.4 Å². The number of nitrogens with zero attached hydrogens (tertiary/aromatic N) is 2. The van der Waals surface area contributed by atoms with Crippen LogP contribution in [0.3, 0.4) is 0 Å². The molecule has 0 aliphatic heterocycles. The summed E-state index contributed by atoms with van der Waals surface area (Å²) in [4.78, 5) is 3.81. The fourth-order valence-electron chi connectivity index (χ4n) is 0.952. The fraction of sp³-hybridized carbons (Fsp3) is 0. The number of rotatable bonds is 1. The summed E-state index contributed by atoms with van der Waals surface area (Å²) >= 11 is 0. The van der Waals surface area contributed by atoms with Crippen LogP contribution in [0, 0.1) is 0 Å². The summed E-state index contributed by atoms with van der Waals surface area (Å²) in [7, 11) is 0. The predicted molar refractivity (Wildman–Crippen MR) is 41.4 cm³/mol. The number of benzene rings is 1. The van der Waals surface area contributed by atoms with E-state index < -0.39 is 0 Å². The monoisotopic (exact) mass is 162 g/mol. The van der Waals surface area contributed by atoms with Crippen LogP contribution in [0.25, 0.3) is 11.4 Å². The summed E-state index contributed by atoms with van der Waals surface area (Å²) in [6.07, 6.45) is 1.22. The van der Waals surface area contributed by atoms with Crippen LogP contribution in [0.1, 0.15) is 0 Å². The van der Waals surface area contributed by atoms with Crippen molar-refractivity contribution in [1.29, 1.82) is 0 Å². The van der Waals surface area contributed by atoms with Gasteiger partial charge in [0.15, 0.2) is 0 Å². The summed E-state index contributed by atoms with van der Waals surface area (Å²) in [5, 5.41) is 13.0. The Morgan fingerprint density at radius 3 is 2.75 bits per heavy atom. The minimum atomic E-state index is 0.152. The van der Waals surface area contributed by atoms with Gasteiger partial charge in [0.05, 0.1) is 5.56 Å². The molecule has 2 aromatic rings. The molecule has 1 aromatic heterocycles. The minimum Gasteiger partial charge on any atom is -0.507 e. The van der Waals surface area contributed by atoms with Crippen LogP contribution in [0.5, 0.6) is 5.75 Å². The molecule has 0 unspecified atom stereocenters. The van der Waals surface area contributed by atoms with E-state index in [2.05, 4.69) is 14.7 Å². The van der Waals surface area contributed by atoms with Gasteiger partial charge in [-0.05, 0) is 12.1 Å². The molecule has 12 heavy (non-hydrogen) atoms. The maximum absolute atomic E-state index is 9.36. The lowest BCUT2D eigenvalue weighted by Crippen LogP contribution is -1.79. The van der Waals surface area contributed by atoms with Crippen LogP contribution < -0.4 is 0 Å². The average Bonchev–Trinajstić information content (AvgIpc) is 2.57. The van der Waals surface area contributed by atoms with Crippen molar-refractivity contribution in [3.63, 3.8) is 0 Å². The molecule has 0 saturated carbocycles. The zero-order chi connectivity index (χ0) is 8.39. The molecule has 0 fully saturated rings. The number of phenols is 1. The van der Waals surface area contributed by atoms with Crippen LogP contribution in [-0.2, 0) is 0 Å². The zero-order valence-corrected chi connectivity index (χ0v) is 6.14. The number of phenolic OH excluding ortho intramolecular Hbond substituents is 1. The molecule has 0 atom stereocenters. The van der Waals surface area contributed by atoms with Crippen LogP contribution in [0.2, 0.25) is 0 Å². The third-order valence-electron chi connectivity index (χ3n) is 1.51. The molecule has 1 heterocycles. The molecule has 0 radical (unpaired) electrons. The van der Waals surface area contributed by atoms with Crippen molar-refractivity contribution in [3.05, 3.63) is 30.7 Å². The molecule has 1 aromatic carbocycles. The summed E-state index contributed by atoms with van der Waals surface area (Å²) in [5.74, 6) is 0.548. The average molecular weight is 162 g/mol. The first kappa shape index (κ1) is 6.84. The van der Waals surface area contributed by atoms with Gasteiger partial charge in [-0.3, -0.25) is 0 Å². The summed E-state index contributed by atoms with van der Waals surface area (Å²) in [6.45, 7) is 0. The second-order valence-electron chi connectivity index (χ2n) is 2.27. The lowest BCUT2D eigenvalue weighted by atomic mass is 10.2. The molecule has 4 heteroatoms. The van der Waals surface area contributed by atoms with Crippen molar-refractivity contribution >= 4 is 0 Å². The molecule has 0 aliphatic rings. The van der Waals surface area contributed by atoms with Gasteiger partial charge >= 0.3 is 0 Å². The third kappa shape index (κ3) is 1.03. The largest absolute Gasteiger partial charge is 0.507 e. The highest BCUT2D eigenvalue weighted by molar-refractivity contribution is 5.62. The Kier molecular flexibility index (Phi) is 1.51. The van der Waals surface area contributed by atoms with Crippen molar-refractivity contribution in [2.45, 2.75) is 0 Å². The standard InChI is InChI=1S/C8H6N2O2/c11-7-4-2-1-3-6(7)8-9-5-12-10-8/h1-5,11H. The van der Waals surface area contributed by atoms with Crippen LogP contribution in [0.4, 0.5) is 0 Å². The maximum atomic E-state index is 9.36. The highest BCUT2D eigenvalue weighted by Crippen LogP contribution is 2.24. The topological polar surface area (TPSA) is 59.2 Å². The molecule has 0 aliphatic carbocycles. The first-order chi connectivity index (χ1) is 5.88. The number of para-hydroxylation sites is 1. The van der Waals surface area contributed by atoms with E-state index in [1.54, 1.807) is 24.3 Å². The van der Waals surface area contributed by atoms with Gasteiger partial charge in [-0.15, -0.1) is 0 Å². The first-order valence-electron chi connectivity index (χ1n) is 3.42. The zero-order valence-electron chi connectivity index (χ0n) is 6.14. The van der Waals surface area contributed by atoms with Crippen molar-refractivity contribution in [2.24, 2.45) is 0 Å². The van der Waals surface area contributed by atoms with E-state index in [-0.39, 0.29) is 5.75 Å². The van der Waals surface area contributed by atoms with E-state index in [1.165, 1.54) is 6.39 Å². The molecule has 0 bridgehead atoms. The van der Waals surface area contributed by atoms with Gasteiger partial charge in [0.1, 0.15) is 5.75 Å². The number of hydrogen-bond acceptors (Lipinski definition) is 4. The molecular weight excluding hydrogens is 156 g/mol. The van der Waals surface area contributed by atoms with E-state index in [0.717, 1.165) is 0 Å². The van der Waals surface area contributed by atoms with Crippen molar-refractivity contribution in [1.82, 2.24) is 10.1 Å². The highest BCUT2D eigenvalue weighted by atomic mass is 16.5. The Balaban J connectivity index is 2.55. The second-order valence-corrected chi connectivity index (χ2v) is 2.27. The summed E-state index contributed by atoms with van der Waals surface area (Å²) < 4.78 is 4.55. The van der Waals surface area contributed by atoms with Gasteiger partial charge in [0.2, 0.25) is 12.2 Å². The number of aromatic hydroxyl groups is 1. The molecule has 4 nitrogen and oxygen atoms in total. The van der Waals surface area contributed by atoms with Gasteiger partial charge in [0.25, 0.3) is 0 Å². The molecule has 60 valence electrons. The predicted octanol–water partition coefficient (Wildman–Crippen LogP) is 1.44. The van der Waals surface area contributed by atoms with Crippen molar-refractivity contribution in [3.8, 4) is 17.1 Å². The Morgan fingerprint density at radius 1 is 1.25 bits per heavy atom. The van der Waals surface area contributed by atoms with Crippen LogP contribution >= 0.6 is 0 Å². The summed E-state index contributed by atoms with van der Waals surface area (Å²) in [5.41, 5.74) is 0.575. The Labute approximate surface area is 68.5 Å². The molecule has 0 amide bonds. The SMILES string of the molecule is Oc1ccccc1-c1ncon1. The van der Waals surface area contributed by atoms with Crippen molar-refractivity contribution in [2.75, 3.05) is 0 Å². The Bertz CT molecular complexity index is 370. The highest BCUT2D eigenvalue weighted by Gasteiger charge is 2.06. The van der Waals surface area contributed by atoms with Gasteiger partial charge in [-0.25, -0.2) is 0 Å². The molecule has 2 rings (SSSR count). The first-order valence-corrected chi connectivity index (χ1v) is 3.42. The van der Waals surface area contributed by atoms with Crippen LogP contribution in [-0.4, -0.2) is 15.2 Å². The van der Waals surface area contributed by atoms with Crippen molar-refractivity contribution < 1.29 is 9.63 Å². The maximum Gasteiger partial charge on any atom is 0.214 e. The van der Waals surface area contributed by atoms with E-state index in [4.69, 9.17) is 0 Å². The van der Waals surface area contributed by atoms with E-state index in [1.807, 2.05) is 0 Å². The quantitative estimate of drug-likeness (QED) is 0.689. The lowest BCUT2D eigenvalue weighted by molar-refractivity contribution is 0.418.